The summed E-state index contributed by atoms with van der Waals surface area (Å²) in [4.78, 5) is 3.58. The van der Waals surface area contributed by atoms with Crippen LogP contribution < -0.4 is 5.32 Å². The zero-order chi connectivity index (χ0) is 17.6. The molecule has 0 fully saturated rings. The number of halogens is 3. The van der Waals surface area contributed by atoms with Gasteiger partial charge in [0.2, 0.25) is 0 Å². The van der Waals surface area contributed by atoms with E-state index in [2.05, 4.69) is 17.2 Å². The second-order valence-electron chi connectivity index (χ2n) is 5.93. The van der Waals surface area contributed by atoms with Crippen LogP contribution in [0.1, 0.15) is 50.3 Å². The molecule has 0 saturated heterocycles. The predicted octanol–water partition coefficient (Wildman–Crippen LogP) is 5.02. The number of phenolic OH excluding ortho intramolecular Hbond substituents is 1. The molecule has 0 spiro atoms. The summed E-state index contributed by atoms with van der Waals surface area (Å²) in [5.41, 5.74) is -0.443. The Morgan fingerprint density at radius 2 is 1.75 bits per heavy atom. The van der Waals surface area contributed by atoms with Crippen molar-refractivity contribution in [1.82, 2.24) is 10.3 Å². The lowest BCUT2D eigenvalue weighted by molar-refractivity contribution is -0.140. The maximum absolute atomic E-state index is 12.8. The fraction of sp³-hybridized carbons (Fsp3) is 0.500. The zero-order valence-corrected chi connectivity index (χ0v) is 13.8. The summed E-state index contributed by atoms with van der Waals surface area (Å²) < 4.78 is 38.3. The van der Waals surface area contributed by atoms with Gasteiger partial charge < -0.3 is 10.4 Å². The van der Waals surface area contributed by atoms with E-state index in [1.807, 2.05) is 0 Å². The van der Waals surface area contributed by atoms with Crippen molar-refractivity contribution in [2.24, 2.45) is 0 Å². The number of pyridine rings is 1. The smallest absolute Gasteiger partial charge is 0.433 e. The molecule has 2 N–H and O–H groups in total. The number of benzene rings is 1. The van der Waals surface area contributed by atoms with E-state index in [0.29, 0.717) is 17.5 Å². The SMILES string of the molecule is CCCCCCCNCc1ccc2ccc(C(F)(F)F)nc2c1O. The summed E-state index contributed by atoms with van der Waals surface area (Å²) in [6, 6.07) is 5.66. The highest BCUT2D eigenvalue weighted by Crippen LogP contribution is 2.32. The van der Waals surface area contributed by atoms with Gasteiger partial charge in [0.15, 0.2) is 0 Å². The van der Waals surface area contributed by atoms with Gasteiger partial charge in [-0.1, -0.05) is 50.8 Å². The lowest BCUT2D eigenvalue weighted by Gasteiger charge is -2.11. The second kappa shape index (κ2) is 8.33. The van der Waals surface area contributed by atoms with Crippen molar-refractivity contribution >= 4 is 10.9 Å². The minimum Gasteiger partial charge on any atom is -0.505 e. The minimum atomic E-state index is -4.52. The summed E-state index contributed by atoms with van der Waals surface area (Å²) in [7, 11) is 0. The van der Waals surface area contributed by atoms with Gasteiger partial charge in [0, 0.05) is 17.5 Å². The van der Waals surface area contributed by atoms with Gasteiger partial charge in [-0.25, -0.2) is 4.98 Å². The maximum atomic E-state index is 12.8. The van der Waals surface area contributed by atoms with E-state index in [4.69, 9.17) is 0 Å². The Kier molecular flexibility index (Phi) is 6.43. The molecule has 0 amide bonds. The zero-order valence-electron chi connectivity index (χ0n) is 13.8. The molecule has 0 bridgehead atoms. The number of unbranched alkanes of at least 4 members (excludes halogenated alkanes) is 4. The van der Waals surface area contributed by atoms with E-state index in [-0.39, 0.29) is 11.3 Å². The van der Waals surface area contributed by atoms with Crippen molar-refractivity contribution in [3.63, 3.8) is 0 Å². The van der Waals surface area contributed by atoms with Crippen molar-refractivity contribution in [2.75, 3.05) is 6.54 Å². The number of aromatic nitrogens is 1. The Morgan fingerprint density at radius 1 is 1.04 bits per heavy atom. The van der Waals surface area contributed by atoms with Gasteiger partial charge in [-0.05, 0) is 19.0 Å². The number of nitrogens with zero attached hydrogens (tertiary/aromatic N) is 1. The molecule has 1 aromatic heterocycles. The fourth-order valence-electron chi connectivity index (χ4n) is 2.59. The quantitative estimate of drug-likeness (QED) is 0.663. The molecule has 0 unspecified atom stereocenters. The summed E-state index contributed by atoms with van der Waals surface area (Å²) in [5, 5.41) is 14.0. The predicted molar refractivity (Wildman–Crippen MR) is 88.9 cm³/mol. The first-order valence-corrected chi connectivity index (χ1v) is 8.33. The van der Waals surface area contributed by atoms with Crippen LogP contribution in [0.4, 0.5) is 13.2 Å². The van der Waals surface area contributed by atoms with Crippen LogP contribution in [0.25, 0.3) is 10.9 Å². The van der Waals surface area contributed by atoms with Crippen molar-refractivity contribution in [2.45, 2.75) is 51.7 Å². The molecular formula is C18H23F3N2O. The number of aromatic hydroxyl groups is 1. The molecular weight excluding hydrogens is 317 g/mol. The van der Waals surface area contributed by atoms with Crippen LogP contribution in [0.3, 0.4) is 0 Å². The number of alkyl halides is 3. The Hall–Kier alpha value is -1.82. The monoisotopic (exact) mass is 340 g/mol. The molecule has 3 nitrogen and oxygen atoms in total. The van der Waals surface area contributed by atoms with Crippen LogP contribution in [-0.4, -0.2) is 16.6 Å². The van der Waals surface area contributed by atoms with Crippen molar-refractivity contribution in [3.8, 4) is 5.75 Å². The molecule has 0 aliphatic carbocycles. The second-order valence-corrected chi connectivity index (χ2v) is 5.93. The van der Waals surface area contributed by atoms with E-state index in [0.717, 1.165) is 25.5 Å². The van der Waals surface area contributed by atoms with Gasteiger partial charge in [-0.3, -0.25) is 0 Å². The Labute approximate surface area is 139 Å². The fourth-order valence-corrected chi connectivity index (χ4v) is 2.59. The number of phenols is 1. The van der Waals surface area contributed by atoms with Crippen LogP contribution in [0.5, 0.6) is 5.75 Å². The molecule has 24 heavy (non-hydrogen) atoms. The normalized spacial score (nSPS) is 12.0. The summed E-state index contributed by atoms with van der Waals surface area (Å²) in [6.45, 7) is 3.39. The molecule has 0 aliphatic heterocycles. The molecule has 1 heterocycles. The van der Waals surface area contributed by atoms with Crippen LogP contribution in [0.15, 0.2) is 24.3 Å². The summed E-state index contributed by atoms with van der Waals surface area (Å²) in [6.07, 6.45) is 1.33. The molecule has 132 valence electrons. The third-order valence-electron chi connectivity index (χ3n) is 3.98. The van der Waals surface area contributed by atoms with Gasteiger partial charge in [0.25, 0.3) is 0 Å². The standard InChI is InChI=1S/C18H23F3N2O/c1-2-3-4-5-6-11-22-12-14-8-7-13-9-10-15(18(19,20)21)23-16(13)17(14)24/h7-10,22,24H,2-6,11-12H2,1H3. The summed E-state index contributed by atoms with van der Waals surface area (Å²) >= 11 is 0. The van der Waals surface area contributed by atoms with E-state index >= 15 is 0 Å². The lowest BCUT2D eigenvalue weighted by atomic mass is 10.1. The Bertz CT molecular complexity index is 671. The molecule has 1 aromatic carbocycles. The number of rotatable bonds is 8. The molecule has 2 aromatic rings. The maximum Gasteiger partial charge on any atom is 0.433 e. The van der Waals surface area contributed by atoms with Gasteiger partial charge in [-0.15, -0.1) is 0 Å². The highest BCUT2D eigenvalue weighted by molar-refractivity contribution is 5.85. The van der Waals surface area contributed by atoms with E-state index < -0.39 is 11.9 Å². The van der Waals surface area contributed by atoms with E-state index in [1.165, 1.54) is 25.3 Å². The molecule has 0 atom stereocenters. The first kappa shape index (κ1) is 18.5. The Balaban J connectivity index is 2.02. The molecule has 0 radical (unpaired) electrons. The third-order valence-corrected chi connectivity index (χ3v) is 3.98. The molecule has 0 saturated carbocycles. The number of fused-ring (bicyclic) bond motifs is 1. The first-order valence-electron chi connectivity index (χ1n) is 8.33. The largest absolute Gasteiger partial charge is 0.505 e. The van der Waals surface area contributed by atoms with Crippen LogP contribution in [0.2, 0.25) is 0 Å². The van der Waals surface area contributed by atoms with Crippen molar-refractivity contribution < 1.29 is 18.3 Å². The molecule has 0 aliphatic rings. The van der Waals surface area contributed by atoms with Crippen molar-refractivity contribution in [1.29, 1.82) is 0 Å². The highest BCUT2D eigenvalue weighted by atomic mass is 19.4. The number of hydrogen-bond donors (Lipinski definition) is 2. The minimum absolute atomic E-state index is 0.00734. The van der Waals surface area contributed by atoms with Crippen molar-refractivity contribution in [3.05, 3.63) is 35.5 Å². The summed E-state index contributed by atoms with van der Waals surface area (Å²) in [5.74, 6) is -0.183. The van der Waals surface area contributed by atoms with Gasteiger partial charge in [0.1, 0.15) is 17.0 Å². The van der Waals surface area contributed by atoms with E-state index in [1.54, 1.807) is 12.1 Å². The Morgan fingerprint density at radius 3 is 2.46 bits per heavy atom. The van der Waals surface area contributed by atoms with Crippen LogP contribution in [-0.2, 0) is 12.7 Å². The van der Waals surface area contributed by atoms with Crippen LogP contribution >= 0.6 is 0 Å². The van der Waals surface area contributed by atoms with E-state index in [9.17, 15) is 18.3 Å². The average molecular weight is 340 g/mol. The topological polar surface area (TPSA) is 45.2 Å². The van der Waals surface area contributed by atoms with Gasteiger partial charge >= 0.3 is 6.18 Å². The van der Waals surface area contributed by atoms with Crippen LogP contribution in [0, 0.1) is 0 Å². The molecule has 2 rings (SSSR count). The van der Waals surface area contributed by atoms with Gasteiger partial charge in [0.05, 0.1) is 0 Å². The number of nitrogens with one attached hydrogen (secondary N) is 1. The first-order chi connectivity index (χ1) is 11.4. The third kappa shape index (κ3) is 4.84. The average Bonchev–Trinajstić information content (AvgIpc) is 2.55. The lowest BCUT2D eigenvalue weighted by Crippen LogP contribution is -2.15. The molecule has 6 heteroatoms. The van der Waals surface area contributed by atoms with Gasteiger partial charge in [-0.2, -0.15) is 13.2 Å². The highest BCUT2D eigenvalue weighted by Gasteiger charge is 2.32. The number of hydrogen-bond acceptors (Lipinski definition) is 3.